The van der Waals surface area contributed by atoms with Crippen molar-refractivity contribution < 1.29 is 4.79 Å². The summed E-state index contributed by atoms with van der Waals surface area (Å²) in [5.74, 6) is 0.999. The molecule has 2 fully saturated rings. The van der Waals surface area contributed by atoms with Crippen LogP contribution in [0.5, 0.6) is 0 Å². The van der Waals surface area contributed by atoms with Crippen molar-refractivity contribution in [2.24, 2.45) is 11.7 Å². The molecule has 2 nitrogen and oxygen atoms in total. The quantitative estimate of drug-likeness (QED) is 0.723. The first-order valence-corrected chi connectivity index (χ1v) is 5.53. The number of carbonyl (C=O) groups excluding carboxylic acids is 1. The van der Waals surface area contributed by atoms with Crippen LogP contribution >= 0.6 is 0 Å². The highest BCUT2D eigenvalue weighted by atomic mass is 16.1. The first kappa shape index (κ1) is 9.20. The zero-order valence-corrected chi connectivity index (χ0v) is 8.22. The predicted octanol–water partition coefficient (Wildman–Crippen LogP) is 2.02. The molecule has 74 valence electrons. The van der Waals surface area contributed by atoms with E-state index in [-0.39, 0.29) is 0 Å². The molecule has 0 atom stereocenters. The van der Waals surface area contributed by atoms with Crippen LogP contribution in [0.4, 0.5) is 0 Å². The Hall–Kier alpha value is -0.370. The summed E-state index contributed by atoms with van der Waals surface area (Å²) in [5.41, 5.74) is 5.57. The molecule has 0 amide bonds. The van der Waals surface area contributed by atoms with Gasteiger partial charge in [0.1, 0.15) is 0 Å². The van der Waals surface area contributed by atoms with Crippen LogP contribution in [0.25, 0.3) is 0 Å². The predicted molar refractivity (Wildman–Crippen MR) is 52.4 cm³/mol. The summed E-state index contributed by atoms with van der Waals surface area (Å²) < 4.78 is 0. The van der Waals surface area contributed by atoms with E-state index in [1.807, 2.05) is 0 Å². The van der Waals surface area contributed by atoms with Gasteiger partial charge in [0.2, 0.25) is 0 Å². The molecule has 0 radical (unpaired) electrons. The maximum Gasteiger partial charge on any atom is 0.152 e. The van der Waals surface area contributed by atoms with Crippen molar-refractivity contribution in [1.82, 2.24) is 0 Å². The Morgan fingerprint density at radius 1 is 1.23 bits per heavy atom. The van der Waals surface area contributed by atoms with Gasteiger partial charge >= 0.3 is 0 Å². The van der Waals surface area contributed by atoms with Gasteiger partial charge in [0.15, 0.2) is 5.78 Å². The van der Waals surface area contributed by atoms with Gasteiger partial charge in [-0.1, -0.05) is 25.7 Å². The fourth-order valence-electron chi connectivity index (χ4n) is 2.52. The van der Waals surface area contributed by atoms with Crippen molar-refractivity contribution in [3.63, 3.8) is 0 Å². The Morgan fingerprint density at radius 3 is 2.31 bits per heavy atom. The van der Waals surface area contributed by atoms with Crippen molar-refractivity contribution in [2.45, 2.75) is 56.9 Å². The standard InChI is InChI=1S/C11H19NO/c12-11(6-3-7-11)10(13)8-9-4-1-2-5-9/h9H,1-8,12H2. The SMILES string of the molecule is NC1(C(=O)CC2CCCC2)CCC1. The topological polar surface area (TPSA) is 43.1 Å². The van der Waals surface area contributed by atoms with Gasteiger partial charge < -0.3 is 5.73 Å². The van der Waals surface area contributed by atoms with Crippen LogP contribution in [-0.4, -0.2) is 11.3 Å². The summed E-state index contributed by atoms with van der Waals surface area (Å²) in [7, 11) is 0. The van der Waals surface area contributed by atoms with Gasteiger partial charge in [0.25, 0.3) is 0 Å². The third kappa shape index (κ3) is 1.78. The van der Waals surface area contributed by atoms with E-state index in [4.69, 9.17) is 5.73 Å². The second-order valence-corrected chi connectivity index (χ2v) is 4.79. The molecule has 0 bridgehead atoms. The van der Waals surface area contributed by atoms with Gasteiger partial charge in [-0.15, -0.1) is 0 Å². The van der Waals surface area contributed by atoms with E-state index in [0.717, 1.165) is 25.7 Å². The molecule has 13 heavy (non-hydrogen) atoms. The Morgan fingerprint density at radius 2 is 1.85 bits per heavy atom. The lowest BCUT2D eigenvalue weighted by Gasteiger charge is -2.37. The minimum absolute atomic E-state index is 0.339. The molecule has 0 aromatic heterocycles. The summed E-state index contributed by atoms with van der Waals surface area (Å²) in [4.78, 5) is 11.8. The summed E-state index contributed by atoms with van der Waals surface area (Å²) in [6.07, 6.45) is 8.90. The summed E-state index contributed by atoms with van der Waals surface area (Å²) >= 11 is 0. The molecule has 0 aromatic carbocycles. The second-order valence-electron chi connectivity index (χ2n) is 4.79. The molecule has 0 heterocycles. The Balaban J connectivity index is 1.83. The van der Waals surface area contributed by atoms with E-state index in [9.17, 15) is 4.79 Å². The maximum absolute atomic E-state index is 11.8. The van der Waals surface area contributed by atoms with Gasteiger partial charge in [-0.05, 0) is 25.2 Å². The average molecular weight is 181 g/mol. The van der Waals surface area contributed by atoms with E-state index in [1.54, 1.807) is 0 Å². The second kappa shape index (κ2) is 3.41. The molecule has 2 saturated carbocycles. The van der Waals surface area contributed by atoms with Gasteiger partial charge in [0.05, 0.1) is 5.54 Å². The first-order chi connectivity index (χ1) is 6.21. The smallest absolute Gasteiger partial charge is 0.152 e. The van der Waals surface area contributed by atoms with Crippen molar-refractivity contribution in [3.8, 4) is 0 Å². The lowest BCUT2D eigenvalue weighted by molar-refractivity contribution is -0.127. The first-order valence-electron chi connectivity index (χ1n) is 5.53. The lowest BCUT2D eigenvalue weighted by Crippen LogP contribution is -2.53. The minimum atomic E-state index is -0.400. The third-order valence-electron chi connectivity index (χ3n) is 3.75. The number of carbonyl (C=O) groups is 1. The highest BCUT2D eigenvalue weighted by Gasteiger charge is 2.40. The number of ketones is 1. The fraction of sp³-hybridized carbons (Fsp3) is 0.909. The molecular formula is C11H19NO. The third-order valence-corrected chi connectivity index (χ3v) is 3.75. The van der Waals surface area contributed by atoms with Crippen molar-refractivity contribution in [3.05, 3.63) is 0 Å². The molecule has 2 N–H and O–H groups in total. The van der Waals surface area contributed by atoms with Crippen LogP contribution in [0.2, 0.25) is 0 Å². The summed E-state index contributed by atoms with van der Waals surface area (Å²) in [6.45, 7) is 0. The van der Waals surface area contributed by atoms with Gasteiger partial charge in [-0.25, -0.2) is 0 Å². The molecule has 0 aromatic rings. The van der Waals surface area contributed by atoms with Gasteiger partial charge in [0, 0.05) is 6.42 Å². The molecule has 0 spiro atoms. The molecule has 2 aliphatic carbocycles. The Bertz CT molecular complexity index is 202. The normalized spacial score (nSPS) is 27.2. The van der Waals surface area contributed by atoms with Crippen molar-refractivity contribution in [1.29, 1.82) is 0 Å². The molecular weight excluding hydrogens is 162 g/mol. The van der Waals surface area contributed by atoms with E-state index in [0.29, 0.717) is 11.7 Å². The average Bonchev–Trinajstić information content (AvgIpc) is 2.52. The van der Waals surface area contributed by atoms with Crippen molar-refractivity contribution in [2.75, 3.05) is 0 Å². The Labute approximate surface area is 79.9 Å². The number of Topliss-reactive ketones (excluding diaryl/α,β-unsaturated/α-hetero) is 1. The number of rotatable bonds is 3. The molecule has 0 unspecified atom stereocenters. The molecule has 2 heteroatoms. The van der Waals surface area contributed by atoms with Crippen molar-refractivity contribution >= 4 is 5.78 Å². The van der Waals surface area contributed by atoms with Crippen LogP contribution in [0.1, 0.15) is 51.4 Å². The zero-order valence-electron chi connectivity index (χ0n) is 8.22. The highest BCUT2D eigenvalue weighted by Crippen LogP contribution is 2.35. The van der Waals surface area contributed by atoms with E-state index < -0.39 is 5.54 Å². The number of hydrogen-bond acceptors (Lipinski definition) is 2. The molecule has 2 rings (SSSR count). The molecule has 0 saturated heterocycles. The van der Waals surface area contributed by atoms with Crippen LogP contribution in [0, 0.1) is 5.92 Å². The van der Waals surface area contributed by atoms with E-state index >= 15 is 0 Å². The van der Waals surface area contributed by atoms with Gasteiger partial charge in [-0.2, -0.15) is 0 Å². The fourth-order valence-corrected chi connectivity index (χ4v) is 2.52. The van der Waals surface area contributed by atoms with Crippen LogP contribution in [0.15, 0.2) is 0 Å². The minimum Gasteiger partial charge on any atom is -0.319 e. The van der Waals surface area contributed by atoms with E-state index in [2.05, 4.69) is 0 Å². The highest BCUT2D eigenvalue weighted by molar-refractivity contribution is 5.89. The van der Waals surface area contributed by atoms with Crippen LogP contribution < -0.4 is 5.73 Å². The van der Waals surface area contributed by atoms with E-state index in [1.165, 1.54) is 25.7 Å². The van der Waals surface area contributed by atoms with Crippen LogP contribution in [0.3, 0.4) is 0 Å². The number of nitrogens with two attached hydrogens (primary N) is 1. The monoisotopic (exact) mass is 181 g/mol. The lowest BCUT2D eigenvalue weighted by atomic mass is 9.72. The van der Waals surface area contributed by atoms with Gasteiger partial charge in [-0.3, -0.25) is 4.79 Å². The summed E-state index contributed by atoms with van der Waals surface area (Å²) in [5, 5.41) is 0. The molecule has 2 aliphatic rings. The number of hydrogen-bond donors (Lipinski definition) is 1. The summed E-state index contributed by atoms with van der Waals surface area (Å²) in [6, 6.07) is 0. The largest absolute Gasteiger partial charge is 0.319 e. The van der Waals surface area contributed by atoms with Crippen LogP contribution in [-0.2, 0) is 4.79 Å². The zero-order chi connectivity index (χ0) is 9.31. The molecule has 0 aliphatic heterocycles. The maximum atomic E-state index is 11.8. The Kier molecular flexibility index (Phi) is 2.41.